The molecular weight excluding hydrogens is 567 g/mol. The van der Waals surface area contributed by atoms with E-state index in [1.54, 1.807) is 24.3 Å². The lowest BCUT2D eigenvalue weighted by molar-refractivity contribution is -0.140. The molecule has 0 saturated carbocycles. The summed E-state index contributed by atoms with van der Waals surface area (Å²) < 4.78 is 42.3. The predicted octanol–water partition coefficient (Wildman–Crippen LogP) is 4.65. The van der Waals surface area contributed by atoms with Gasteiger partial charge >= 0.3 is 10.2 Å². The molecule has 3 aromatic carbocycles. The quantitative estimate of drug-likeness (QED) is 0.308. The molecule has 0 aromatic heterocycles. The van der Waals surface area contributed by atoms with E-state index >= 15 is 0 Å². The fourth-order valence-corrected chi connectivity index (χ4v) is 5.29. The highest BCUT2D eigenvalue weighted by Gasteiger charge is 2.35. The van der Waals surface area contributed by atoms with E-state index in [1.807, 2.05) is 44.2 Å². The fraction of sp³-hybridized carbons (Fsp3) is 0.333. The zero-order valence-corrected chi connectivity index (χ0v) is 25.2. The Labute approximate surface area is 246 Å². The van der Waals surface area contributed by atoms with Crippen LogP contribution in [0.3, 0.4) is 0 Å². The largest absolute Gasteiger partial charge is 0.352 e. The van der Waals surface area contributed by atoms with Gasteiger partial charge in [-0.25, -0.2) is 8.70 Å². The lowest BCUT2D eigenvalue weighted by atomic mass is 10.0. The van der Waals surface area contributed by atoms with Crippen molar-refractivity contribution in [3.63, 3.8) is 0 Å². The number of carbonyl (C=O) groups excluding carboxylic acids is 2. The van der Waals surface area contributed by atoms with Crippen molar-refractivity contribution in [2.75, 3.05) is 24.9 Å². The number of halogens is 2. The van der Waals surface area contributed by atoms with Gasteiger partial charge in [0, 0.05) is 38.1 Å². The van der Waals surface area contributed by atoms with E-state index in [0.29, 0.717) is 17.0 Å². The second-order valence-electron chi connectivity index (χ2n) is 9.94. The van der Waals surface area contributed by atoms with Gasteiger partial charge in [0.1, 0.15) is 18.4 Å². The summed E-state index contributed by atoms with van der Waals surface area (Å²) >= 11 is 6.08. The van der Waals surface area contributed by atoms with Crippen LogP contribution >= 0.6 is 11.6 Å². The molecule has 2 amide bonds. The van der Waals surface area contributed by atoms with Crippen LogP contribution in [0.4, 0.5) is 10.1 Å². The summed E-state index contributed by atoms with van der Waals surface area (Å²) in [5.74, 6) is -1.50. The molecular formula is C30H36ClFN4O4S. The van der Waals surface area contributed by atoms with Gasteiger partial charge in [0.05, 0.1) is 5.69 Å². The minimum Gasteiger partial charge on any atom is -0.352 e. The number of rotatable bonds is 13. The molecule has 0 fully saturated rings. The molecule has 41 heavy (non-hydrogen) atoms. The molecule has 0 aliphatic carbocycles. The zero-order chi connectivity index (χ0) is 30.2. The molecule has 0 aliphatic heterocycles. The molecule has 11 heteroatoms. The number of hydrogen-bond donors (Lipinski definition) is 1. The molecule has 8 nitrogen and oxygen atoms in total. The van der Waals surface area contributed by atoms with Crippen molar-refractivity contribution < 1.29 is 22.4 Å². The molecule has 0 aliphatic rings. The highest BCUT2D eigenvalue weighted by Crippen LogP contribution is 2.22. The third-order valence-corrected chi connectivity index (χ3v) is 8.74. The summed E-state index contributed by atoms with van der Waals surface area (Å²) in [6.07, 6.45) is 0.897. The Morgan fingerprint density at radius 3 is 2.10 bits per heavy atom. The van der Waals surface area contributed by atoms with Crippen molar-refractivity contribution in [3.8, 4) is 0 Å². The van der Waals surface area contributed by atoms with Crippen molar-refractivity contribution in [2.45, 2.75) is 45.3 Å². The lowest BCUT2D eigenvalue weighted by Crippen LogP contribution is -2.55. The summed E-state index contributed by atoms with van der Waals surface area (Å²) in [5.41, 5.74) is 1.66. The summed E-state index contributed by atoms with van der Waals surface area (Å²) in [5, 5.41) is 3.50. The van der Waals surface area contributed by atoms with Crippen LogP contribution in [-0.4, -0.2) is 62.2 Å². The molecule has 0 spiro atoms. The van der Waals surface area contributed by atoms with Crippen LogP contribution in [0.1, 0.15) is 31.4 Å². The van der Waals surface area contributed by atoms with Gasteiger partial charge in [-0.15, -0.1) is 0 Å². The summed E-state index contributed by atoms with van der Waals surface area (Å²) in [7, 11) is -1.47. The van der Waals surface area contributed by atoms with Crippen molar-refractivity contribution in [3.05, 3.63) is 101 Å². The second kappa shape index (κ2) is 14.4. The van der Waals surface area contributed by atoms with Gasteiger partial charge in [-0.3, -0.25) is 9.59 Å². The highest BCUT2D eigenvalue weighted by atomic mass is 35.5. The molecule has 220 valence electrons. The molecule has 3 aromatic rings. The van der Waals surface area contributed by atoms with Gasteiger partial charge in [0.2, 0.25) is 11.8 Å². The maximum Gasteiger partial charge on any atom is 0.304 e. The normalized spacial score (nSPS) is 13.0. The topological polar surface area (TPSA) is 90.0 Å². The van der Waals surface area contributed by atoms with Crippen molar-refractivity contribution in [1.82, 2.24) is 14.5 Å². The Kier molecular flexibility index (Phi) is 11.3. The summed E-state index contributed by atoms with van der Waals surface area (Å²) in [4.78, 5) is 29.2. The van der Waals surface area contributed by atoms with Crippen molar-refractivity contribution in [2.24, 2.45) is 0 Å². The van der Waals surface area contributed by atoms with E-state index in [9.17, 15) is 22.4 Å². The number of nitrogens with zero attached hydrogens (tertiary/aromatic N) is 3. The SMILES string of the molecule is CCC(C)NC(=O)C(Cc1ccccc1)N(Cc1ccc(Cl)cc1)C(=O)CN(c1ccc(F)cc1)S(=O)(=O)N(C)C. The fourth-order valence-electron chi connectivity index (χ4n) is 4.11. The Balaban J connectivity index is 2.08. The average molecular weight is 603 g/mol. The van der Waals surface area contributed by atoms with E-state index in [-0.39, 0.29) is 30.6 Å². The van der Waals surface area contributed by atoms with Crippen LogP contribution in [0.25, 0.3) is 0 Å². The first kappa shape index (κ1) is 32.0. The number of nitrogens with one attached hydrogen (secondary N) is 1. The first-order valence-electron chi connectivity index (χ1n) is 13.3. The van der Waals surface area contributed by atoms with Crippen LogP contribution in [0.5, 0.6) is 0 Å². The summed E-state index contributed by atoms with van der Waals surface area (Å²) in [6, 6.07) is 19.9. The molecule has 0 bridgehead atoms. The van der Waals surface area contributed by atoms with E-state index < -0.39 is 34.5 Å². The average Bonchev–Trinajstić information content (AvgIpc) is 2.95. The van der Waals surface area contributed by atoms with Crippen LogP contribution in [-0.2, 0) is 32.8 Å². The van der Waals surface area contributed by atoms with E-state index in [4.69, 9.17) is 11.6 Å². The standard InChI is InChI=1S/C30H36ClFN4O4S/c1-5-22(2)33-30(38)28(19-23-9-7-6-8-10-23)35(20-24-11-13-25(31)14-12-24)29(37)21-36(41(39,40)34(3)4)27-17-15-26(32)16-18-27/h6-18,22,28H,5,19-21H2,1-4H3,(H,33,38). The van der Waals surface area contributed by atoms with Crippen LogP contribution in [0.15, 0.2) is 78.9 Å². The van der Waals surface area contributed by atoms with Crippen molar-refractivity contribution in [1.29, 1.82) is 0 Å². The number of amides is 2. The smallest absolute Gasteiger partial charge is 0.304 e. The Morgan fingerprint density at radius 1 is 0.927 bits per heavy atom. The van der Waals surface area contributed by atoms with Crippen molar-refractivity contribution >= 4 is 39.3 Å². The molecule has 0 radical (unpaired) electrons. The third kappa shape index (κ3) is 8.76. The third-order valence-electron chi connectivity index (χ3n) is 6.67. The van der Waals surface area contributed by atoms with E-state index in [0.717, 1.165) is 26.3 Å². The predicted molar refractivity (Wildman–Crippen MR) is 160 cm³/mol. The highest BCUT2D eigenvalue weighted by molar-refractivity contribution is 7.90. The molecule has 1 N–H and O–H groups in total. The molecule has 0 heterocycles. The minimum atomic E-state index is -4.16. The zero-order valence-electron chi connectivity index (χ0n) is 23.6. The van der Waals surface area contributed by atoms with Gasteiger partial charge in [-0.05, 0) is 60.9 Å². The molecule has 0 saturated heterocycles. The van der Waals surface area contributed by atoms with Gasteiger partial charge in [-0.1, -0.05) is 61.0 Å². The number of anilines is 1. The van der Waals surface area contributed by atoms with E-state index in [1.165, 1.54) is 31.1 Å². The minimum absolute atomic E-state index is 0.0285. The Bertz CT molecular complexity index is 1400. The van der Waals surface area contributed by atoms with Crippen LogP contribution in [0, 0.1) is 5.82 Å². The maximum atomic E-state index is 14.1. The van der Waals surface area contributed by atoms with Gasteiger partial charge in [0.25, 0.3) is 0 Å². The second-order valence-corrected chi connectivity index (χ2v) is 12.4. The first-order chi connectivity index (χ1) is 19.4. The molecule has 3 rings (SSSR count). The van der Waals surface area contributed by atoms with Crippen LogP contribution in [0.2, 0.25) is 5.02 Å². The van der Waals surface area contributed by atoms with Gasteiger partial charge in [-0.2, -0.15) is 12.7 Å². The number of benzene rings is 3. The Hall–Kier alpha value is -3.47. The lowest BCUT2D eigenvalue weighted by Gasteiger charge is -2.35. The maximum absolute atomic E-state index is 14.1. The number of hydrogen-bond acceptors (Lipinski definition) is 4. The van der Waals surface area contributed by atoms with Gasteiger partial charge < -0.3 is 10.2 Å². The Morgan fingerprint density at radius 2 is 1.54 bits per heavy atom. The molecule has 2 atom stereocenters. The van der Waals surface area contributed by atoms with Crippen LogP contribution < -0.4 is 9.62 Å². The van der Waals surface area contributed by atoms with E-state index in [2.05, 4.69) is 5.32 Å². The molecule has 2 unspecified atom stereocenters. The first-order valence-corrected chi connectivity index (χ1v) is 15.0. The number of carbonyl (C=O) groups is 2. The monoisotopic (exact) mass is 602 g/mol. The van der Waals surface area contributed by atoms with Gasteiger partial charge in [0.15, 0.2) is 0 Å². The summed E-state index contributed by atoms with van der Waals surface area (Å²) in [6.45, 7) is 3.24.